The lowest BCUT2D eigenvalue weighted by molar-refractivity contribution is 0.0415. The van der Waals surface area contributed by atoms with Crippen LogP contribution in [0.5, 0.6) is 0 Å². The number of rotatable bonds is 5. The predicted octanol–water partition coefficient (Wildman–Crippen LogP) is 4.51. The van der Waals surface area contributed by atoms with E-state index in [0.29, 0.717) is 12.3 Å². The second-order valence-electron chi connectivity index (χ2n) is 8.67. The van der Waals surface area contributed by atoms with Crippen LogP contribution < -0.4 is 10.9 Å². The van der Waals surface area contributed by atoms with Crippen LogP contribution in [0, 0.1) is 0 Å². The number of fused-ring (bicyclic) bond motifs is 2. The largest absolute Gasteiger partial charge is 0.379 e. The Bertz CT molecular complexity index is 1560. The predicted molar refractivity (Wildman–Crippen MR) is 139 cm³/mol. The van der Waals surface area contributed by atoms with Gasteiger partial charge < -0.3 is 15.0 Å². The molecule has 0 saturated carbocycles. The second-order valence-corrected chi connectivity index (χ2v) is 8.67. The number of hydrogen-bond donors (Lipinski definition) is 2. The van der Waals surface area contributed by atoms with E-state index < -0.39 is 0 Å². The van der Waals surface area contributed by atoms with Gasteiger partial charge in [0.1, 0.15) is 5.65 Å². The van der Waals surface area contributed by atoms with Crippen molar-refractivity contribution in [3.8, 4) is 22.4 Å². The molecule has 1 aliphatic heterocycles. The molecular weight excluding hydrogens is 438 g/mol. The zero-order valence-electron chi connectivity index (χ0n) is 19.2. The van der Waals surface area contributed by atoms with Gasteiger partial charge in [-0.05, 0) is 29.8 Å². The number of benzene rings is 2. The van der Waals surface area contributed by atoms with Crippen LogP contribution in [-0.4, -0.2) is 52.8 Å². The van der Waals surface area contributed by atoms with Crippen LogP contribution in [0.2, 0.25) is 0 Å². The molecule has 0 bridgehead atoms. The molecule has 7 nitrogen and oxygen atoms in total. The molecule has 1 aliphatic rings. The molecule has 1 saturated heterocycles. The third-order valence-corrected chi connectivity index (χ3v) is 6.39. The molecule has 5 aromatic rings. The summed E-state index contributed by atoms with van der Waals surface area (Å²) in [5.74, 6) is 0. The van der Waals surface area contributed by atoms with Gasteiger partial charge >= 0.3 is 0 Å². The van der Waals surface area contributed by atoms with Crippen LogP contribution in [0.1, 0.15) is 0 Å². The van der Waals surface area contributed by atoms with Crippen molar-refractivity contribution in [2.75, 3.05) is 38.3 Å². The second kappa shape index (κ2) is 9.29. The van der Waals surface area contributed by atoms with E-state index in [1.807, 2.05) is 42.5 Å². The first-order valence-electron chi connectivity index (χ1n) is 11.8. The van der Waals surface area contributed by atoms with Gasteiger partial charge in [0.05, 0.1) is 36.8 Å². The molecule has 2 aromatic carbocycles. The van der Waals surface area contributed by atoms with E-state index in [9.17, 15) is 4.79 Å². The van der Waals surface area contributed by atoms with E-state index >= 15 is 0 Å². The van der Waals surface area contributed by atoms with E-state index in [-0.39, 0.29) is 5.56 Å². The maximum Gasteiger partial charge on any atom is 0.251 e. The first kappa shape index (κ1) is 21.5. The molecule has 0 radical (unpaired) electrons. The number of nitrogens with one attached hydrogen (secondary N) is 2. The van der Waals surface area contributed by atoms with E-state index in [4.69, 9.17) is 9.72 Å². The van der Waals surface area contributed by atoms with Gasteiger partial charge in [-0.2, -0.15) is 0 Å². The van der Waals surface area contributed by atoms with Crippen molar-refractivity contribution in [2.45, 2.75) is 0 Å². The molecule has 0 atom stereocenters. The van der Waals surface area contributed by atoms with Gasteiger partial charge in [-0.15, -0.1) is 0 Å². The lowest BCUT2D eigenvalue weighted by Gasteiger charge is -2.27. The monoisotopic (exact) mass is 463 g/mol. The quantitative estimate of drug-likeness (QED) is 0.399. The number of anilines is 1. The van der Waals surface area contributed by atoms with Crippen molar-refractivity contribution in [2.24, 2.45) is 0 Å². The highest BCUT2D eigenvalue weighted by atomic mass is 16.5. The van der Waals surface area contributed by atoms with Gasteiger partial charge in [0.25, 0.3) is 5.56 Å². The van der Waals surface area contributed by atoms with Crippen LogP contribution in [0.4, 0.5) is 5.69 Å². The first-order chi connectivity index (χ1) is 17.2. The number of aromatic nitrogens is 3. The summed E-state index contributed by atoms with van der Waals surface area (Å²) in [4.78, 5) is 27.2. The molecule has 174 valence electrons. The molecule has 7 heteroatoms. The smallest absolute Gasteiger partial charge is 0.251 e. The molecular formula is C28H25N5O2. The Balaban J connectivity index is 1.51. The zero-order valence-corrected chi connectivity index (χ0v) is 19.2. The summed E-state index contributed by atoms with van der Waals surface area (Å²) >= 11 is 0. The van der Waals surface area contributed by atoms with Crippen molar-refractivity contribution in [3.63, 3.8) is 0 Å². The molecule has 0 amide bonds. The SMILES string of the molecule is O=c1cc(NCN2CCOCC2)c2cc(-c3ccc4ncccc4c3)c(-c3ccccc3)nc2[nH]1. The number of ether oxygens (including phenoxy) is 1. The van der Waals surface area contributed by atoms with E-state index in [1.54, 1.807) is 12.3 Å². The van der Waals surface area contributed by atoms with E-state index in [2.05, 4.69) is 44.5 Å². The van der Waals surface area contributed by atoms with Crippen LogP contribution in [0.3, 0.4) is 0 Å². The van der Waals surface area contributed by atoms with Gasteiger partial charge in [-0.25, -0.2) is 4.98 Å². The minimum Gasteiger partial charge on any atom is -0.379 e. The lowest BCUT2D eigenvalue weighted by atomic mass is 9.96. The van der Waals surface area contributed by atoms with Gasteiger partial charge in [-0.1, -0.05) is 42.5 Å². The molecule has 2 N–H and O–H groups in total. The normalized spacial score (nSPS) is 14.4. The lowest BCUT2D eigenvalue weighted by Crippen LogP contribution is -2.39. The summed E-state index contributed by atoms with van der Waals surface area (Å²) < 4.78 is 5.45. The number of H-pyrrole nitrogens is 1. The van der Waals surface area contributed by atoms with Crippen LogP contribution >= 0.6 is 0 Å². The maximum absolute atomic E-state index is 12.5. The Morgan fingerprint density at radius 1 is 0.943 bits per heavy atom. The fourth-order valence-electron chi connectivity index (χ4n) is 4.56. The Morgan fingerprint density at radius 3 is 2.66 bits per heavy atom. The molecule has 3 aromatic heterocycles. The number of morpholine rings is 1. The molecule has 0 unspecified atom stereocenters. The Hall–Kier alpha value is -4.07. The first-order valence-corrected chi connectivity index (χ1v) is 11.8. The Morgan fingerprint density at radius 2 is 1.80 bits per heavy atom. The standard InChI is InChI=1S/C28H25N5O2/c34-26-17-25(30-18-33-11-13-35-14-12-33)23-16-22(20-8-9-24-21(15-20)7-4-10-29-24)27(32-28(23)31-26)19-5-2-1-3-6-19/h1-10,15-17H,11-14,18H2,(H2,30,31,32,34). The van der Waals surface area contributed by atoms with Crippen LogP contribution in [-0.2, 0) is 4.74 Å². The fourth-order valence-corrected chi connectivity index (χ4v) is 4.56. The fraction of sp³-hybridized carbons (Fsp3) is 0.179. The van der Waals surface area contributed by atoms with Crippen molar-refractivity contribution in [3.05, 3.63) is 89.3 Å². The van der Waals surface area contributed by atoms with Crippen molar-refractivity contribution >= 4 is 27.6 Å². The van der Waals surface area contributed by atoms with Crippen molar-refractivity contribution in [1.82, 2.24) is 19.9 Å². The highest BCUT2D eigenvalue weighted by molar-refractivity contribution is 5.97. The average molecular weight is 464 g/mol. The van der Waals surface area contributed by atoms with Crippen LogP contribution in [0.15, 0.2) is 83.8 Å². The maximum atomic E-state index is 12.5. The minimum atomic E-state index is -0.182. The van der Waals surface area contributed by atoms with Gasteiger partial charge in [0.2, 0.25) is 0 Å². The third-order valence-electron chi connectivity index (χ3n) is 6.39. The summed E-state index contributed by atoms with van der Waals surface area (Å²) in [6, 6.07) is 24.1. The highest BCUT2D eigenvalue weighted by Gasteiger charge is 2.16. The molecule has 1 fully saturated rings. The molecule has 6 rings (SSSR count). The number of pyridine rings is 3. The number of nitrogens with zero attached hydrogens (tertiary/aromatic N) is 3. The molecule has 4 heterocycles. The van der Waals surface area contributed by atoms with Crippen LogP contribution in [0.25, 0.3) is 44.3 Å². The number of aromatic amines is 1. The topological polar surface area (TPSA) is 83.1 Å². The van der Waals surface area contributed by atoms with Gasteiger partial charge in [0.15, 0.2) is 0 Å². The molecule has 0 aliphatic carbocycles. The van der Waals surface area contributed by atoms with E-state index in [1.165, 1.54) is 0 Å². The Labute approximate surface area is 202 Å². The summed E-state index contributed by atoms with van der Waals surface area (Å²) in [6.07, 6.45) is 1.80. The molecule has 0 spiro atoms. The Kier molecular flexibility index (Phi) is 5.70. The van der Waals surface area contributed by atoms with Crippen molar-refractivity contribution in [1.29, 1.82) is 0 Å². The van der Waals surface area contributed by atoms with Gasteiger partial charge in [0, 0.05) is 47.3 Å². The summed E-state index contributed by atoms with van der Waals surface area (Å²) in [5, 5.41) is 5.41. The molecule has 35 heavy (non-hydrogen) atoms. The summed E-state index contributed by atoms with van der Waals surface area (Å²) in [6.45, 7) is 3.81. The van der Waals surface area contributed by atoms with E-state index in [0.717, 1.165) is 70.7 Å². The van der Waals surface area contributed by atoms with Crippen molar-refractivity contribution < 1.29 is 4.74 Å². The summed E-state index contributed by atoms with van der Waals surface area (Å²) in [7, 11) is 0. The highest BCUT2D eigenvalue weighted by Crippen LogP contribution is 2.35. The average Bonchev–Trinajstić information content (AvgIpc) is 2.92. The third kappa shape index (κ3) is 4.39. The van der Waals surface area contributed by atoms with Gasteiger partial charge in [-0.3, -0.25) is 14.7 Å². The minimum absolute atomic E-state index is 0.182. The zero-order chi connectivity index (χ0) is 23.6. The summed E-state index contributed by atoms with van der Waals surface area (Å²) in [5.41, 5.74) is 5.95. The number of hydrogen-bond acceptors (Lipinski definition) is 6.